The van der Waals surface area contributed by atoms with Crippen molar-refractivity contribution in [1.29, 1.82) is 0 Å². The van der Waals surface area contributed by atoms with E-state index >= 15 is 0 Å². The van der Waals surface area contributed by atoms with Gasteiger partial charge in [-0.25, -0.2) is 13.7 Å². The molecule has 22 heteroatoms. The van der Waals surface area contributed by atoms with Gasteiger partial charge in [0.2, 0.25) is 5.96 Å². The van der Waals surface area contributed by atoms with Crippen molar-refractivity contribution in [3.05, 3.63) is 28.7 Å². The van der Waals surface area contributed by atoms with E-state index in [2.05, 4.69) is 28.4 Å². The van der Waals surface area contributed by atoms with Gasteiger partial charge in [-0.2, -0.15) is 18.6 Å². The smallest absolute Gasteiger partial charge is 0.387 e. The van der Waals surface area contributed by atoms with Gasteiger partial charge in [-0.1, -0.05) is 0 Å². The lowest BCUT2D eigenvalue weighted by Gasteiger charge is -2.22. The van der Waals surface area contributed by atoms with Crippen LogP contribution in [0.15, 0.2) is 28.1 Å². The number of guanidine groups is 1. The van der Waals surface area contributed by atoms with Gasteiger partial charge in [-0.05, 0) is 6.07 Å². The van der Waals surface area contributed by atoms with Crippen LogP contribution >= 0.6 is 23.5 Å². The van der Waals surface area contributed by atoms with Gasteiger partial charge in [-0.3, -0.25) is 9.32 Å². The minimum Gasteiger partial charge on any atom is -0.387 e. The minimum absolute atomic E-state index is 0.0939. The molecule has 8 N–H and O–H groups in total. The highest BCUT2D eigenvalue weighted by molar-refractivity contribution is 7.66. The summed E-state index contributed by atoms with van der Waals surface area (Å²) in [5, 5.41) is 14.3. The molecule has 6 atom stereocenters. The van der Waals surface area contributed by atoms with Crippen LogP contribution in [-0.2, 0) is 36.3 Å². The fraction of sp³-hybridized carbons (Fsp3) is 0.400. The van der Waals surface area contributed by atoms with Crippen LogP contribution in [0.3, 0.4) is 0 Å². The molecule has 2 aromatic rings. The number of aliphatic hydroxyl groups excluding tert-OH is 1. The predicted octanol–water partition coefficient (Wildman–Crippen LogP) is -0.615. The van der Waals surface area contributed by atoms with Crippen molar-refractivity contribution >= 4 is 51.8 Å². The molecule has 0 aromatic carbocycles. The Morgan fingerprint density at radius 3 is 2.51 bits per heavy atom. The maximum absolute atomic E-state index is 12.0. The number of anilines is 1. The van der Waals surface area contributed by atoms with Crippen LogP contribution in [0.4, 0.5) is 11.6 Å². The zero-order valence-corrected chi connectivity index (χ0v) is 21.1. The largest absolute Gasteiger partial charge is 0.490 e. The number of methoxy groups -OCH3 is 1. The average Bonchev–Trinajstić information content (AvgIpc) is 3.19. The number of phosphoric acid groups is 3. The highest BCUT2D eigenvalue weighted by Crippen LogP contribution is 2.66. The number of ether oxygens (including phenoxy) is 2. The van der Waals surface area contributed by atoms with E-state index in [4.69, 9.17) is 25.0 Å². The zero-order valence-electron chi connectivity index (χ0n) is 18.4. The predicted molar refractivity (Wildman–Crippen MR) is 121 cm³/mol. The number of aliphatic hydroxyl groups is 1. The topological polar surface area (TPSA) is 284 Å². The minimum atomic E-state index is -5.73. The van der Waals surface area contributed by atoms with E-state index in [0.29, 0.717) is 10.8 Å². The first kappa shape index (κ1) is 27.9. The second-order valence-corrected chi connectivity index (χ2v) is 12.0. The second kappa shape index (κ2) is 9.91. The molecule has 0 aliphatic carbocycles. The number of hydrogen-bond donors (Lipinski definition) is 7. The number of nitrogens with zero attached hydrogens (tertiary/aromatic N) is 3. The Kier molecular flexibility index (Phi) is 7.48. The molecule has 2 unspecified atom stereocenters. The highest BCUT2D eigenvalue weighted by Gasteiger charge is 2.48. The number of hydrogen-bond acceptors (Lipinski definition) is 14. The maximum Gasteiger partial charge on any atom is 0.490 e. The molecule has 4 rings (SSSR count). The fourth-order valence-electron chi connectivity index (χ4n) is 3.73. The summed E-state index contributed by atoms with van der Waals surface area (Å²) in [4.78, 5) is 56.1. The standard InChI is InChI=1S/C15H20N5O14P3/c1-30-11-10(22)7(5-31-36(26,27)34-37(28,29)33-35(23,24)25)32-14(11)20-4-6-2-3-8(21)17-12-9(6)13(20)19-15(16)18-12/h2-4,7,10-11,14,22H,5H2,1H3,(H,26,27)(H,28,29)(H2,23,24,25)(H3,16,17,18,19,21)/t7-,10-,11-,14-/m1/s1. The Hall–Kier alpha value is -2.08. The van der Waals surface area contributed by atoms with Crippen LogP contribution in [0.2, 0.25) is 0 Å². The van der Waals surface area contributed by atoms with E-state index < -0.39 is 60.2 Å². The van der Waals surface area contributed by atoms with E-state index in [1.165, 1.54) is 30.0 Å². The first-order valence-corrected chi connectivity index (χ1v) is 14.4. The lowest BCUT2D eigenvalue weighted by molar-refractivity contribution is -0.0583. The molecule has 37 heavy (non-hydrogen) atoms. The van der Waals surface area contributed by atoms with E-state index in [9.17, 15) is 33.4 Å². The molecule has 0 radical (unpaired) electrons. The molecule has 1 saturated heterocycles. The van der Waals surface area contributed by atoms with Crippen molar-refractivity contribution < 1.29 is 61.0 Å². The van der Waals surface area contributed by atoms with Crippen LogP contribution in [0.25, 0.3) is 10.8 Å². The average molecular weight is 587 g/mol. The normalized spacial score (nSPS) is 26.8. The lowest BCUT2D eigenvalue weighted by Crippen LogP contribution is -2.35. The first-order chi connectivity index (χ1) is 17.1. The van der Waals surface area contributed by atoms with Gasteiger partial charge >= 0.3 is 23.5 Å². The highest BCUT2D eigenvalue weighted by atomic mass is 31.3. The molecule has 2 aliphatic rings. The number of aromatic nitrogens is 2. The van der Waals surface area contributed by atoms with Crippen LogP contribution < -0.4 is 16.6 Å². The van der Waals surface area contributed by atoms with Gasteiger partial charge in [0, 0.05) is 24.8 Å². The number of nitrogens with one attached hydrogen (secondary N) is 1. The first-order valence-electron chi connectivity index (χ1n) is 9.91. The third-order valence-corrected chi connectivity index (χ3v) is 8.85. The van der Waals surface area contributed by atoms with Crippen LogP contribution in [0.1, 0.15) is 6.23 Å². The summed E-state index contributed by atoms with van der Waals surface area (Å²) in [6, 6.07) is 2.69. The summed E-state index contributed by atoms with van der Waals surface area (Å²) in [6.07, 6.45) is -3.60. The summed E-state index contributed by atoms with van der Waals surface area (Å²) >= 11 is 0. The number of phosphoric ester groups is 1. The summed E-state index contributed by atoms with van der Waals surface area (Å²) < 4.78 is 58.7. The van der Waals surface area contributed by atoms with Crippen molar-refractivity contribution in [2.24, 2.45) is 10.7 Å². The van der Waals surface area contributed by atoms with Gasteiger partial charge in [0.05, 0.1) is 12.0 Å². The number of rotatable bonds is 9. The Bertz CT molecular complexity index is 1460. The molecule has 2 aromatic heterocycles. The Morgan fingerprint density at radius 1 is 1.16 bits per heavy atom. The van der Waals surface area contributed by atoms with Gasteiger partial charge in [0.15, 0.2) is 6.23 Å². The monoisotopic (exact) mass is 587 g/mol. The Labute approximate surface area is 205 Å². The molecule has 2 aliphatic heterocycles. The van der Waals surface area contributed by atoms with Crippen molar-refractivity contribution in [2.75, 3.05) is 19.0 Å². The van der Waals surface area contributed by atoms with Crippen molar-refractivity contribution in [3.63, 3.8) is 0 Å². The van der Waals surface area contributed by atoms with Crippen molar-refractivity contribution in [2.45, 2.75) is 24.5 Å². The summed E-state index contributed by atoms with van der Waals surface area (Å²) in [7, 11) is -15.5. The quantitative estimate of drug-likeness (QED) is 0.180. The molecule has 19 nitrogen and oxygen atoms in total. The van der Waals surface area contributed by atoms with Crippen molar-refractivity contribution in [1.82, 2.24) is 9.55 Å². The van der Waals surface area contributed by atoms with E-state index in [-0.39, 0.29) is 17.6 Å². The number of nitrogens with two attached hydrogens (primary N) is 1. The molecule has 0 spiro atoms. The SMILES string of the molecule is CO[C@@H]1[C@H](O)[C@@H](COP(=O)(O)OP(=O)(O)OP(=O)(O)O)O[C@H]1n1cc2ccc(=O)nc3c2c1N=C(N)N3. The summed E-state index contributed by atoms with van der Waals surface area (Å²) in [5.74, 6) is 0.226. The Balaban J connectivity index is 1.58. The molecule has 204 valence electrons. The lowest BCUT2D eigenvalue weighted by atomic mass is 10.1. The van der Waals surface area contributed by atoms with E-state index in [0.717, 1.165) is 0 Å². The number of aliphatic imine (C=N–C) groups is 1. The molecular weight excluding hydrogens is 567 g/mol. The van der Waals surface area contributed by atoms with E-state index in [1.54, 1.807) is 0 Å². The third kappa shape index (κ3) is 6.16. The summed E-state index contributed by atoms with van der Waals surface area (Å²) in [5.41, 5.74) is 5.27. The molecular formula is C15H20N5O14P3. The van der Waals surface area contributed by atoms with Crippen molar-refractivity contribution in [3.8, 4) is 0 Å². The molecule has 0 saturated carbocycles. The van der Waals surface area contributed by atoms with Crippen LogP contribution in [-0.4, -0.2) is 72.2 Å². The van der Waals surface area contributed by atoms with Crippen LogP contribution in [0, 0.1) is 0 Å². The Morgan fingerprint density at radius 2 is 1.86 bits per heavy atom. The maximum atomic E-state index is 12.0. The van der Waals surface area contributed by atoms with Gasteiger partial charge in [-0.15, -0.1) is 0 Å². The fourth-order valence-corrected chi connectivity index (χ4v) is 6.76. The summed E-state index contributed by atoms with van der Waals surface area (Å²) in [6.45, 7) is -0.911. The molecule has 4 heterocycles. The van der Waals surface area contributed by atoms with Crippen LogP contribution in [0.5, 0.6) is 0 Å². The second-order valence-electron chi connectivity index (χ2n) is 7.59. The van der Waals surface area contributed by atoms with Gasteiger partial charge in [0.1, 0.15) is 29.9 Å². The third-order valence-electron chi connectivity index (χ3n) is 5.05. The van der Waals surface area contributed by atoms with Gasteiger partial charge < -0.3 is 49.8 Å². The molecule has 0 amide bonds. The zero-order chi connectivity index (χ0) is 27.3. The molecule has 1 fully saturated rings. The van der Waals surface area contributed by atoms with E-state index in [1.807, 2.05) is 0 Å². The molecule has 0 bridgehead atoms. The van der Waals surface area contributed by atoms with Gasteiger partial charge in [0.25, 0.3) is 5.56 Å².